The van der Waals surface area contributed by atoms with Gasteiger partial charge in [-0.3, -0.25) is 9.48 Å². The molecule has 0 fully saturated rings. The van der Waals surface area contributed by atoms with E-state index in [0.29, 0.717) is 30.2 Å². The van der Waals surface area contributed by atoms with E-state index >= 15 is 0 Å². The molecule has 0 saturated heterocycles. The van der Waals surface area contributed by atoms with Gasteiger partial charge in [0.2, 0.25) is 0 Å². The first kappa shape index (κ1) is 20.3. The molecule has 0 aliphatic rings. The van der Waals surface area contributed by atoms with Gasteiger partial charge in [-0.2, -0.15) is 5.10 Å². The van der Waals surface area contributed by atoms with Crippen molar-refractivity contribution in [3.05, 3.63) is 53.2 Å². The van der Waals surface area contributed by atoms with Crippen molar-refractivity contribution < 1.29 is 9.53 Å². The SMILES string of the molecule is COc1cc(-c2ccc(C(=O)NCCCn3nc(C)nc3C)cc2)c(N)nc1C. The zero-order chi connectivity index (χ0) is 21.0. The smallest absolute Gasteiger partial charge is 0.251 e. The van der Waals surface area contributed by atoms with Crippen LogP contribution in [0.5, 0.6) is 5.75 Å². The van der Waals surface area contributed by atoms with E-state index in [4.69, 9.17) is 10.5 Å². The molecule has 3 rings (SSSR count). The van der Waals surface area contributed by atoms with Crippen LogP contribution in [0.15, 0.2) is 30.3 Å². The lowest BCUT2D eigenvalue weighted by molar-refractivity contribution is 0.0952. The van der Waals surface area contributed by atoms with Crippen molar-refractivity contribution >= 4 is 11.7 Å². The van der Waals surface area contributed by atoms with Crippen LogP contribution in [-0.4, -0.2) is 39.3 Å². The molecule has 1 aromatic carbocycles. The van der Waals surface area contributed by atoms with Crippen LogP contribution >= 0.6 is 0 Å². The molecule has 0 saturated carbocycles. The molecule has 0 radical (unpaired) electrons. The Kier molecular flexibility index (Phi) is 6.11. The van der Waals surface area contributed by atoms with E-state index in [9.17, 15) is 4.79 Å². The second-order valence-corrected chi connectivity index (χ2v) is 6.83. The highest BCUT2D eigenvalue weighted by molar-refractivity contribution is 5.94. The summed E-state index contributed by atoms with van der Waals surface area (Å²) in [7, 11) is 1.60. The summed E-state index contributed by atoms with van der Waals surface area (Å²) >= 11 is 0. The minimum absolute atomic E-state index is 0.115. The number of benzene rings is 1. The van der Waals surface area contributed by atoms with Gasteiger partial charge in [0, 0.05) is 24.2 Å². The van der Waals surface area contributed by atoms with E-state index in [-0.39, 0.29) is 5.91 Å². The van der Waals surface area contributed by atoms with Crippen molar-refractivity contribution in [1.29, 1.82) is 0 Å². The molecule has 2 aromatic heterocycles. The van der Waals surface area contributed by atoms with Crippen LogP contribution in [0.1, 0.15) is 34.1 Å². The molecule has 0 aliphatic carbocycles. The van der Waals surface area contributed by atoms with Crippen LogP contribution < -0.4 is 15.8 Å². The monoisotopic (exact) mass is 394 g/mol. The van der Waals surface area contributed by atoms with E-state index in [2.05, 4.69) is 20.4 Å². The predicted octanol–water partition coefficient (Wildman–Crippen LogP) is 2.68. The van der Waals surface area contributed by atoms with Crippen LogP contribution in [0.3, 0.4) is 0 Å². The number of aryl methyl sites for hydroxylation is 4. The molecule has 0 spiro atoms. The summed E-state index contributed by atoms with van der Waals surface area (Å²) in [6, 6.07) is 9.14. The number of nitrogens with one attached hydrogen (secondary N) is 1. The minimum Gasteiger partial charge on any atom is -0.495 e. The highest BCUT2D eigenvalue weighted by Crippen LogP contribution is 2.30. The van der Waals surface area contributed by atoms with Crippen molar-refractivity contribution in [2.45, 2.75) is 33.7 Å². The van der Waals surface area contributed by atoms with Crippen molar-refractivity contribution in [3.63, 3.8) is 0 Å². The molecule has 1 amide bonds. The summed E-state index contributed by atoms with van der Waals surface area (Å²) in [5.74, 6) is 2.63. The number of hydrogen-bond acceptors (Lipinski definition) is 6. The van der Waals surface area contributed by atoms with Crippen molar-refractivity contribution in [3.8, 4) is 16.9 Å². The van der Waals surface area contributed by atoms with Crippen LogP contribution in [0.2, 0.25) is 0 Å². The van der Waals surface area contributed by atoms with Crippen molar-refractivity contribution in [2.75, 3.05) is 19.4 Å². The molecule has 8 heteroatoms. The number of methoxy groups -OCH3 is 1. The quantitative estimate of drug-likeness (QED) is 0.597. The Balaban J connectivity index is 1.60. The minimum atomic E-state index is -0.115. The molecule has 2 heterocycles. The normalized spacial score (nSPS) is 10.8. The molecule has 152 valence electrons. The Hall–Kier alpha value is -3.42. The number of carbonyl (C=O) groups excluding carboxylic acids is 1. The van der Waals surface area contributed by atoms with Gasteiger partial charge in [-0.15, -0.1) is 0 Å². The number of nitrogens with zero attached hydrogens (tertiary/aromatic N) is 4. The number of hydrogen-bond donors (Lipinski definition) is 2. The zero-order valence-electron chi connectivity index (χ0n) is 17.2. The van der Waals surface area contributed by atoms with Gasteiger partial charge in [-0.05, 0) is 51.0 Å². The van der Waals surface area contributed by atoms with E-state index in [0.717, 1.165) is 34.9 Å². The van der Waals surface area contributed by atoms with E-state index in [1.54, 1.807) is 19.2 Å². The summed E-state index contributed by atoms with van der Waals surface area (Å²) in [6.07, 6.45) is 0.777. The standard InChI is InChI=1S/C21H26N6O2/c1-13-19(29-4)12-18(20(22)24-13)16-6-8-17(9-7-16)21(28)23-10-5-11-27-15(3)25-14(2)26-27/h6-9,12H,5,10-11H2,1-4H3,(H2,22,24)(H,23,28). The molecule has 3 aromatic rings. The van der Waals surface area contributed by atoms with Gasteiger partial charge in [0.25, 0.3) is 5.91 Å². The van der Waals surface area contributed by atoms with Gasteiger partial charge >= 0.3 is 0 Å². The number of pyridine rings is 1. The first-order chi connectivity index (χ1) is 13.9. The summed E-state index contributed by atoms with van der Waals surface area (Å²) in [6.45, 7) is 6.91. The topological polar surface area (TPSA) is 108 Å². The van der Waals surface area contributed by atoms with Gasteiger partial charge in [-0.25, -0.2) is 9.97 Å². The summed E-state index contributed by atoms with van der Waals surface area (Å²) in [5.41, 5.74) is 9.04. The molecular formula is C21H26N6O2. The van der Waals surface area contributed by atoms with Gasteiger partial charge in [0.1, 0.15) is 23.2 Å². The molecular weight excluding hydrogens is 368 g/mol. The average Bonchev–Trinajstić information content (AvgIpc) is 3.02. The van der Waals surface area contributed by atoms with Crippen LogP contribution in [0.4, 0.5) is 5.82 Å². The lowest BCUT2D eigenvalue weighted by Gasteiger charge is -2.11. The third-order valence-electron chi connectivity index (χ3n) is 4.67. The maximum absolute atomic E-state index is 12.4. The number of amides is 1. The van der Waals surface area contributed by atoms with Gasteiger partial charge in [-0.1, -0.05) is 12.1 Å². The molecule has 0 bridgehead atoms. The Morgan fingerprint density at radius 2 is 1.90 bits per heavy atom. The molecule has 3 N–H and O–H groups in total. The third kappa shape index (κ3) is 4.71. The Labute approximate surface area is 170 Å². The Morgan fingerprint density at radius 1 is 1.17 bits per heavy atom. The maximum Gasteiger partial charge on any atom is 0.251 e. The fourth-order valence-electron chi connectivity index (χ4n) is 3.15. The van der Waals surface area contributed by atoms with E-state index < -0.39 is 0 Å². The van der Waals surface area contributed by atoms with Crippen LogP contribution in [0.25, 0.3) is 11.1 Å². The summed E-state index contributed by atoms with van der Waals surface area (Å²) in [5, 5.41) is 7.25. The van der Waals surface area contributed by atoms with Gasteiger partial charge < -0.3 is 15.8 Å². The summed E-state index contributed by atoms with van der Waals surface area (Å²) < 4.78 is 7.18. The largest absolute Gasteiger partial charge is 0.495 e. The number of nitrogen functional groups attached to an aromatic ring is 1. The highest BCUT2D eigenvalue weighted by Gasteiger charge is 2.11. The number of anilines is 1. The second-order valence-electron chi connectivity index (χ2n) is 6.83. The number of ether oxygens (including phenoxy) is 1. The molecule has 0 unspecified atom stereocenters. The number of nitrogens with two attached hydrogens (primary N) is 1. The van der Waals surface area contributed by atoms with Gasteiger partial charge in [0.05, 0.1) is 12.8 Å². The second kappa shape index (κ2) is 8.72. The zero-order valence-corrected chi connectivity index (χ0v) is 17.2. The van der Waals surface area contributed by atoms with E-state index in [1.165, 1.54) is 0 Å². The summed E-state index contributed by atoms with van der Waals surface area (Å²) in [4.78, 5) is 21.0. The molecule has 8 nitrogen and oxygen atoms in total. The first-order valence-electron chi connectivity index (χ1n) is 9.47. The van der Waals surface area contributed by atoms with Crippen molar-refractivity contribution in [2.24, 2.45) is 0 Å². The lowest BCUT2D eigenvalue weighted by atomic mass is 10.0. The van der Waals surface area contributed by atoms with Crippen molar-refractivity contribution in [1.82, 2.24) is 25.1 Å². The molecule has 0 aliphatic heterocycles. The maximum atomic E-state index is 12.4. The highest BCUT2D eigenvalue weighted by atomic mass is 16.5. The fourth-order valence-corrected chi connectivity index (χ4v) is 3.15. The molecule has 0 atom stereocenters. The lowest BCUT2D eigenvalue weighted by Crippen LogP contribution is -2.25. The van der Waals surface area contributed by atoms with Gasteiger partial charge in [0.15, 0.2) is 0 Å². The fraction of sp³-hybridized carbons (Fsp3) is 0.333. The molecule has 29 heavy (non-hydrogen) atoms. The average molecular weight is 394 g/mol. The number of carbonyl (C=O) groups is 1. The Morgan fingerprint density at radius 3 is 2.52 bits per heavy atom. The number of rotatable bonds is 7. The third-order valence-corrected chi connectivity index (χ3v) is 4.67. The van der Waals surface area contributed by atoms with Crippen LogP contribution in [-0.2, 0) is 6.54 Å². The van der Waals surface area contributed by atoms with Crippen LogP contribution in [0, 0.1) is 20.8 Å². The number of aromatic nitrogens is 4. The Bertz CT molecular complexity index is 1010. The van der Waals surface area contributed by atoms with E-state index in [1.807, 2.05) is 43.7 Å². The predicted molar refractivity (Wildman–Crippen MR) is 112 cm³/mol. The first-order valence-corrected chi connectivity index (χ1v) is 9.47.